The van der Waals surface area contributed by atoms with Crippen LogP contribution in [0.2, 0.25) is 0 Å². The Hall–Kier alpha value is -1.97. The highest BCUT2D eigenvalue weighted by atomic mass is 16.5. The SMILES string of the molecule is COc1cc(C(C)C)ccc1NC/C=C/C(=O)O. The number of hydrogen-bond acceptors (Lipinski definition) is 3. The van der Waals surface area contributed by atoms with Gasteiger partial charge in [-0.3, -0.25) is 0 Å². The second kappa shape index (κ2) is 6.69. The Balaban J connectivity index is 2.73. The molecule has 0 aliphatic heterocycles. The summed E-state index contributed by atoms with van der Waals surface area (Å²) in [6, 6.07) is 5.98. The van der Waals surface area contributed by atoms with Crippen molar-refractivity contribution < 1.29 is 14.6 Å². The fourth-order valence-corrected chi connectivity index (χ4v) is 1.54. The van der Waals surface area contributed by atoms with E-state index in [1.54, 1.807) is 13.2 Å². The Bertz CT molecular complexity index is 439. The van der Waals surface area contributed by atoms with Gasteiger partial charge in [0.05, 0.1) is 12.8 Å². The summed E-state index contributed by atoms with van der Waals surface area (Å²) >= 11 is 0. The van der Waals surface area contributed by atoms with Gasteiger partial charge < -0.3 is 15.2 Å². The molecule has 0 aliphatic carbocycles. The zero-order chi connectivity index (χ0) is 13.5. The van der Waals surface area contributed by atoms with E-state index in [1.807, 2.05) is 18.2 Å². The average molecular weight is 249 g/mol. The Morgan fingerprint density at radius 1 is 1.50 bits per heavy atom. The number of carboxylic acids is 1. The zero-order valence-electron chi connectivity index (χ0n) is 10.9. The van der Waals surface area contributed by atoms with Crippen LogP contribution in [0, 0.1) is 0 Å². The number of anilines is 1. The van der Waals surface area contributed by atoms with Crippen molar-refractivity contribution >= 4 is 11.7 Å². The Labute approximate surface area is 107 Å². The molecule has 0 heterocycles. The van der Waals surface area contributed by atoms with Crippen molar-refractivity contribution in [3.8, 4) is 5.75 Å². The topological polar surface area (TPSA) is 58.6 Å². The first-order chi connectivity index (χ1) is 8.54. The fourth-order valence-electron chi connectivity index (χ4n) is 1.54. The number of ether oxygens (including phenoxy) is 1. The highest BCUT2D eigenvalue weighted by Gasteiger charge is 2.05. The largest absolute Gasteiger partial charge is 0.495 e. The maximum atomic E-state index is 10.3. The maximum Gasteiger partial charge on any atom is 0.328 e. The standard InChI is InChI=1S/C14H19NO3/c1-10(2)11-6-7-12(13(9-11)18-3)15-8-4-5-14(16)17/h4-7,9-10,15H,8H2,1-3H3,(H,16,17)/b5-4+. The Kier molecular flexibility index (Phi) is 5.24. The van der Waals surface area contributed by atoms with E-state index in [1.165, 1.54) is 5.56 Å². The summed E-state index contributed by atoms with van der Waals surface area (Å²) in [4.78, 5) is 10.3. The van der Waals surface area contributed by atoms with Gasteiger partial charge in [-0.2, -0.15) is 0 Å². The van der Waals surface area contributed by atoms with Gasteiger partial charge in [-0.1, -0.05) is 26.0 Å². The number of hydrogen-bond donors (Lipinski definition) is 2. The second-order valence-corrected chi connectivity index (χ2v) is 4.24. The lowest BCUT2D eigenvalue weighted by atomic mass is 10.0. The number of nitrogens with one attached hydrogen (secondary N) is 1. The average Bonchev–Trinajstić information content (AvgIpc) is 2.34. The molecule has 98 valence electrons. The van der Waals surface area contributed by atoms with E-state index in [0.717, 1.165) is 17.5 Å². The molecule has 1 aromatic rings. The predicted octanol–water partition coefficient (Wildman–Crippen LogP) is 2.87. The van der Waals surface area contributed by atoms with Crippen LogP contribution in [-0.4, -0.2) is 24.7 Å². The van der Waals surface area contributed by atoms with E-state index in [4.69, 9.17) is 9.84 Å². The summed E-state index contributed by atoms with van der Waals surface area (Å²) in [7, 11) is 1.62. The number of rotatable bonds is 6. The van der Waals surface area contributed by atoms with E-state index in [9.17, 15) is 4.79 Å². The highest BCUT2D eigenvalue weighted by molar-refractivity contribution is 5.79. The normalized spacial score (nSPS) is 10.9. The van der Waals surface area contributed by atoms with Gasteiger partial charge in [0.25, 0.3) is 0 Å². The monoisotopic (exact) mass is 249 g/mol. The molecule has 0 fully saturated rings. The van der Waals surface area contributed by atoms with Crippen LogP contribution < -0.4 is 10.1 Å². The lowest BCUT2D eigenvalue weighted by Crippen LogP contribution is -2.02. The molecular formula is C14H19NO3. The van der Waals surface area contributed by atoms with Crippen LogP contribution in [0.1, 0.15) is 25.3 Å². The molecule has 1 rings (SSSR count). The first kappa shape index (κ1) is 14.1. The first-order valence-corrected chi connectivity index (χ1v) is 5.86. The smallest absolute Gasteiger partial charge is 0.328 e. The van der Waals surface area contributed by atoms with E-state index >= 15 is 0 Å². The summed E-state index contributed by atoms with van der Waals surface area (Å²) in [5.41, 5.74) is 2.07. The number of methoxy groups -OCH3 is 1. The van der Waals surface area contributed by atoms with Crippen molar-refractivity contribution in [1.29, 1.82) is 0 Å². The van der Waals surface area contributed by atoms with Crippen LogP contribution in [0.25, 0.3) is 0 Å². The third-order valence-corrected chi connectivity index (χ3v) is 2.56. The molecule has 4 heteroatoms. The molecule has 0 spiro atoms. The molecule has 0 aromatic heterocycles. The summed E-state index contributed by atoms with van der Waals surface area (Å²) in [5, 5.41) is 11.6. The molecular weight excluding hydrogens is 230 g/mol. The van der Waals surface area contributed by atoms with Crippen LogP contribution in [-0.2, 0) is 4.79 Å². The van der Waals surface area contributed by atoms with E-state index in [-0.39, 0.29) is 0 Å². The van der Waals surface area contributed by atoms with Crippen LogP contribution in [0.3, 0.4) is 0 Å². The van der Waals surface area contributed by atoms with Crippen LogP contribution >= 0.6 is 0 Å². The molecule has 0 atom stereocenters. The van der Waals surface area contributed by atoms with Crippen LogP contribution in [0.4, 0.5) is 5.69 Å². The molecule has 0 radical (unpaired) electrons. The van der Waals surface area contributed by atoms with Gasteiger partial charge in [0.15, 0.2) is 0 Å². The molecule has 0 bridgehead atoms. The minimum absolute atomic E-state index is 0.444. The molecule has 4 nitrogen and oxygen atoms in total. The van der Waals surface area contributed by atoms with Crippen LogP contribution in [0.15, 0.2) is 30.4 Å². The van der Waals surface area contributed by atoms with Gasteiger partial charge >= 0.3 is 5.97 Å². The van der Waals surface area contributed by atoms with Crippen molar-refractivity contribution in [2.75, 3.05) is 19.0 Å². The van der Waals surface area contributed by atoms with Gasteiger partial charge in [-0.15, -0.1) is 0 Å². The molecule has 1 aromatic carbocycles. The fraction of sp³-hybridized carbons (Fsp3) is 0.357. The quantitative estimate of drug-likeness (QED) is 0.761. The molecule has 0 unspecified atom stereocenters. The van der Waals surface area contributed by atoms with Gasteiger partial charge in [-0.05, 0) is 23.6 Å². The number of carbonyl (C=O) groups is 1. The maximum absolute atomic E-state index is 10.3. The predicted molar refractivity (Wildman–Crippen MR) is 72.3 cm³/mol. The zero-order valence-corrected chi connectivity index (χ0v) is 10.9. The third-order valence-electron chi connectivity index (χ3n) is 2.56. The second-order valence-electron chi connectivity index (χ2n) is 4.24. The molecule has 0 saturated carbocycles. The van der Waals surface area contributed by atoms with Crippen molar-refractivity contribution in [1.82, 2.24) is 0 Å². The van der Waals surface area contributed by atoms with E-state index in [2.05, 4.69) is 19.2 Å². The number of benzene rings is 1. The molecule has 18 heavy (non-hydrogen) atoms. The minimum Gasteiger partial charge on any atom is -0.495 e. The van der Waals surface area contributed by atoms with E-state index < -0.39 is 5.97 Å². The summed E-state index contributed by atoms with van der Waals surface area (Å²) in [6.45, 7) is 4.69. The first-order valence-electron chi connectivity index (χ1n) is 5.86. The number of carboxylic acid groups (broad SMARTS) is 1. The van der Waals surface area contributed by atoms with Crippen molar-refractivity contribution in [3.05, 3.63) is 35.9 Å². The molecule has 2 N–H and O–H groups in total. The lowest BCUT2D eigenvalue weighted by Gasteiger charge is -2.13. The molecule has 0 amide bonds. The minimum atomic E-state index is -0.945. The summed E-state index contributed by atoms with van der Waals surface area (Å²) < 4.78 is 5.31. The van der Waals surface area contributed by atoms with Crippen LogP contribution in [0.5, 0.6) is 5.75 Å². The Morgan fingerprint density at radius 2 is 2.22 bits per heavy atom. The Morgan fingerprint density at radius 3 is 2.78 bits per heavy atom. The van der Waals surface area contributed by atoms with Crippen molar-refractivity contribution in [3.63, 3.8) is 0 Å². The van der Waals surface area contributed by atoms with E-state index in [0.29, 0.717) is 12.5 Å². The van der Waals surface area contributed by atoms with Gasteiger partial charge in [0.2, 0.25) is 0 Å². The highest BCUT2D eigenvalue weighted by Crippen LogP contribution is 2.28. The van der Waals surface area contributed by atoms with Crippen molar-refractivity contribution in [2.45, 2.75) is 19.8 Å². The van der Waals surface area contributed by atoms with Gasteiger partial charge in [0, 0.05) is 12.6 Å². The number of aliphatic carboxylic acids is 1. The van der Waals surface area contributed by atoms with Gasteiger partial charge in [0.1, 0.15) is 5.75 Å². The summed E-state index contributed by atoms with van der Waals surface area (Å²) in [5.74, 6) is 0.267. The summed E-state index contributed by atoms with van der Waals surface area (Å²) in [6.07, 6.45) is 2.67. The molecule has 0 aliphatic rings. The van der Waals surface area contributed by atoms with Gasteiger partial charge in [-0.25, -0.2) is 4.79 Å². The lowest BCUT2D eigenvalue weighted by molar-refractivity contribution is -0.131. The van der Waals surface area contributed by atoms with Crippen molar-refractivity contribution in [2.24, 2.45) is 0 Å². The third kappa shape index (κ3) is 4.13. The molecule has 0 saturated heterocycles.